The van der Waals surface area contributed by atoms with Crippen LogP contribution in [0.5, 0.6) is 0 Å². The van der Waals surface area contributed by atoms with E-state index in [1.54, 1.807) is 20.8 Å². The summed E-state index contributed by atoms with van der Waals surface area (Å²) in [6.45, 7) is 9.33. The molecule has 0 aromatic heterocycles. The van der Waals surface area contributed by atoms with Gasteiger partial charge in [0.2, 0.25) is 0 Å². The number of amides is 1. The van der Waals surface area contributed by atoms with Crippen LogP contribution in [0.25, 0.3) is 0 Å². The SMILES string of the molecule is CC(C)(C)OC(=O)N[C@H](C(=O)OC(C)(C)C)C(F)(F)CS. The zero-order valence-electron chi connectivity index (χ0n) is 13.1. The lowest BCUT2D eigenvalue weighted by atomic mass is 10.1. The summed E-state index contributed by atoms with van der Waals surface area (Å²) in [4.78, 5) is 23.5. The first-order chi connectivity index (χ1) is 9.18. The van der Waals surface area contributed by atoms with Crippen LogP contribution in [0.1, 0.15) is 41.5 Å². The van der Waals surface area contributed by atoms with E-state index in [4.69, 9.17) is 9.47 Å². The molecule has 0 heterocycles. The van der Waals surface area contributed by atoms with Gasteiger partial charge >= 0.3 is 12.1 Å². The highest BCUT2D eigenvalue weighted by atomic mass is 32.1. The number of ether oxygens (including phenoxy) is 2. The van der Waals surface area contributed by atoms with E-state index in [1.165, 1.54) is 20.8 Å². The molecule has 0 aliphatic carbocycles. The number of hydrogen-bond acceptors (Lipinski definition) is 5. The van der Waals surface area contributed by atoms with Gasteiger partial charge in [-0.1, -0.05) is 0 Å². The number of halogens is 2. The Labute approximate surface area is 129 Å². The maximum Gasteiger partial charge on any atom is 0.408 e. The average Bonchev–Trinajstić information content (AvgIpc) is 2.20. The molecule has 0 saturated heterocycles. The molecule has 0 aromatic carbocycles. The summed E-state index contributed by atoms with van der Waals surface area (Å²) in [5.74, 6) is -5.73. The minimum atomic E-state index is -3.57. The molecule has 0 radical (unpaired) electrons. The van der Waals surface area contributed by atoms with Gasteiger partial charge in [-0.2, -0.15) is 12.6 Å². The van der Waals surface area contributed by atoms with Gasteiger partial charge in [0.15, 0.2) is 6.04 Å². The van der Waals surface area contributed by atoms with Gasteiger partial charge in [-0.05, 0) is 41.5 Å². The van der Waals surface area contributed by atoms with Crippen molar-refractivity contribution in [2.75, 3.05) is 5.75 Å². The maximum absolute atomic E-state index is 13.8. The summed E-state index contributed by atoms with van der Waals surface area (Å²) in [5, 5.41) is 1.85. The number of alkyl halides is 2. The van der Waals surface area contributed by atoms with Crippen LogP contribution in [0.4, 0.5) is 13.6 Å². The molecular formula is C13H23F2NO4S. The van der Waals surface area contributed by atoms with Gasteiger partial charge in [-0.15, -0.1) is 0 Å². The molecule has 0 aliphatic heterocycles. The summed E-state index contributed by atoms with van der Waals surface area (Å²) in [7, 11) is 0. The Hall–Kier alpha value is -1.05. The standard InChI is InChI=1S/C13H23F2NO4S/c1-11(2,3)19-9(17)8(13(14,15)7-21)16-10(18)20-12(4,5)6/h8,21H,7H2,1-6H3,(H,16,18)/t8-/m1/s1. The summed E-state index contributed by atoms with van der Waals surface area (Å²) in [6, 6.07) is -2.16. The van der Waals surface area contributed by atoms with Crippen LogP contribution >= 0.6 is 12.6 Å². The predicted molar refractivity (Wildman–Crippen MR) is 77.8 cm³/mol. The third-order valence-corrected chi connectivity index (χ3v) is 2.36. The Morgan fingerprint density at radius 2 is 1.48 bits per heavy atom. The van der Waals surface area contributed by atoms with E-state index in [1.807, 2.05) is 5.32 Å². The highest BCUT2D eigenvalue weighted by molar-refractivity contribution is 7.80. The highest BCUT2D eigenvalue weighted by Crippen LogP contribution is 2.23. The summed E-state index contributed by atoms with van der Waals surface area (Å²) in [6.07, 6.45) is -1.13. The third kappa shape index (κ3) is 8.08. The molecule has 0 saturated carbocycles. The Bertz CT molecular complexity index is 389. The second-order valence-electron chi connectivity index (χ2n) is 6.53. The predicted octanol–water partition coefficient (Wildman–Crippen LogP) is 2.79. The molecule has 1 amide bonds. The molecule has 0 rings (SSSR count). The smallest absolute Gasteiger partial charge is 0.408 e. The van der Waals surface area contributed by atoms with E-state index in [-0.39, 0.29) is 0 Å². The largest absolute Gasteiger partial charge is 0.458 e. The van der Waals surface area contributed by atoms with Gasteiger partial charge in [0, 0.05) is 0 Å². The molecule has 0 aromatic rings. The van der Waals surface area contributed by atoms with Gasteiger partial charge in [-0.3, -0.25) is 0 Å². The molecule has 8 heteroatoms. The van der Waals surface area contributed by atoms with E-state index in [2.05, 4.69) is 12.6 Å². The van der Waals surface area contributed by atoms with Crippen LogP contribution in [0.2, 0.25) is 0 Å². The second kappa shape index (κ2) is 6.81. The highest BCUT2D eigenvalue weighted by Gasteiger charge is 2.47. The Balaban J connectivity index is 5.10. The van der Waals surface area contributed by atoms with Crippen molar-refractivity contribution in [2.24, 2.45) is 0 Å². The number of esters is 1. The molecule has 21 heavy (non-hydrogen) atoms. The minimum absolute atomic E-state index is 0.876. The van der Waals surface area contributed by atoms with Crippen molar-refractivity contribution in [1.82, 2.24) is 5.32 Å². The van der Waals surface area contributed by atoms with E-state index in [0.29, 0.717) is 0 Å². The number of rotatable bonds is 4. The summed E-state index contributed by atoms with van der Waals surface area (Å²) >= 11 is 3.51. The Kier molecular flexibility index (Phi) is 6.47. The molecule has 1 atom stereocenters. The lowest BCUT2D eigenvalue weighted by Crippen LogP contribution is -2.56. The Morgan fingerprint density at radius 3 is 1.81 bits per heavy atom. The molecule has 124 valence electrons. The third-order valence-electron chi connectivity index (χ3n) is 1.94. The van der Waals surface area contributed by atoms with E-state index >= 15 is 0 Å². The number of nitrogens with one attached hydrogen (secondary N) is 1. The van der Waals surface area contributed by atoms with Crippen LogP contribution in [0, 0.1) is 0 Å². The number of thiol groups is 1. The van der Waals surface area contributed by atoms with Gasteiger partial charge in [-0.25, -0.2) is 18.4 Å². The molecule has 1 N–H and O–H groups in total. The van der Waals surface area contributed by atoms with Crippen molar-refractivity contribution < 1.29 is 27.8 Å². The molecule has 0 fully saturated rings. The maximum atomic E-state index is 13.8. The van der Waals surface area contributed by atoms with Crippen LogP contribution in [-0.4, -0.2) is 41.0 Å². The van der Waals surface area contributed by atoms with Crippen molar-refractivity contribution in [3.8, 4) is 0 Å². The van der Waals surface area contributed by atoms with Crippen molar-refractivity contribution >= 4 is 24.7 Å². The zero-order valence-corrected chi connectivity index (χ0v) is 14.0. The number of hydrogen-bond donors (Lipinski definition) is 2. The van der Waals surface area contributed by atoms with E-state index in [9.17, 15) is 18.4 Å². The van der Waals surface area contributed by atoms with Crippen LogP contribution in [0.15, 0.2) is 0 Å². The lowest BCUT2D eigenvalue weighted by molar-refractivity contribution is -0.166. The quantitative estimate of drug-likeness (QED) is 0.615. The molecule has 0 unspecified atom stereocenters. The first-order valence-electron chi connectivity index (χ1n) is 6.39. The van der Waals surface area contributed by atoms with E-state index < -0.39 is 41.0 Å². The topological polar surface area (TPSA) is 64.6 Å². The van der Waals surface area contributed by atoms with Gasteiger partial charge in [0.05, 0.1) is 5.75 Å². The molecular weight excluding hydrogens is 304 g/mol. The zero-order chi connectivity index (χ0) is 17.1. The van der Waals surface area contributed by atoms with Gasteiger partial charge in [0.25, 0.3) is 5.92 Å². The first-order valence-corrected chi connectivity index (χ1v) is 7.02. The van der Waals surface area contributed by atoms with Crippen molar-refractivity contribution in [2.45, 2.75) is 64.7 Å². The van der Waals surface area contributed by atoms with Crippen molar-refractivity contribution in [3.05, 3.63) is 0 Å². The normalized spacial score (nSPS) is 14.3. The number of alkyl carbamates (subject to hydrolysis) is 1. The van der Waals surface area contributed by atoms with Crippen LogP contribution in [0.3, 0.4) is 0 Å². The number of carbonyl (C=O) groups excluding carboxylic acids is 2. The van der Waals surface area contributed by atoms with Gasteiger partial charge < -0.3 is 14.8 Å². The van der Waals surface area contributed by atoms with Crippen LogP contribution < -0.4 is 5.32 Å². The molecule has 5 nitrogen and oxygen atoms in total. The fraction of sp³-hybridized carbons (Fsp3) is 0.846. The molecule has 0 aliphatic rings. The molecule has 0 bridgehead atoms. The first kappa shape index (κ1) is 19.9. The van der Waals surface area contributed by atoms with E-state index in [0.717, 1.165) is 0 Å². The molecule has 0 spiro atoms. The number of carbonyl (C=O) groups is 2. The monoisotopic (exact) mass is 327 g/mol. The van der Waals surface area contributed by atoms with Gasteiger partial charge in [0.1, 0.15) is 11.2 Å². The lowest BCUT2D eigenvalue weighted by Gasteiger charge is -2.29. The van der Waals surface area contributed by atoms with Crippen molar-refractivity contribution in [3.63, 3.8) is 0 Å². The summed E-state index contributed by atoms with van der Waals surface area (Å²) < 4.78 is 37.3. The fourth-order valence-electron chi connectivity index (χ4n) is 1.21. The second-order valence-corrected chi connectivity index (χ2v) is 6.85. The Morgan fingerprint density at radius 1 is 1.05 bits per heavy atom. The fourth-order valence-corrected chi connectivity index (χ4v) is 1.40. The summed E-state index contributed by atoms with van der Waals surface area (Å²) in [5.41, 5.74) is -1.84. The minimum Gasteiger partial charge on any atom is -0.458 e. The average molecular weight is 327 g/mol. The van der Waals surface area contributed by atoms with Crippen molar-refractivity contribution in [1.29, 1.82) is 0 Å². The van der Waals surface area contributed by atoms with Crippen LogP contribution in [-0.2, 0) is 14.3 Å².